The Labute approximate surface area is 109 Å². The van der Waals surface area contributed by atoms with Gasteiger partial charge >= 0.3 is 0 Å². The van der Waals surface area contributed by atoms with Crippen LogP contribution in [-0.4, -0.2) is 30.0 Å². The minimum Gasteiger partial charge on any atom is -0.361 e. The minimum absolute atomic E-state index is 0.0574. The third-order valence-electron chi connectivity index (χ3n) is 2.83. The average Bonchev–Trinajstić information content (AvgIpc) is 2.72. The number of hydrogen-bond acceptors (Lipinski definition) is 3. The summed E-state index contributed by atoms with van der Waals surface area (Å²) >= 11 is 4.34. The van der Waals surface area contributed by atoms with Crippen molar-refractivity contribution in [1.29, 1.82) is 0 Å². The molecule has 0 N–H and O–H groups in total. The van der Waals surface area contributed by atoms with Gasteiger partial charge in [-0.05, 0) is 24.1 Å². The lowest BCUT2D eigenvalue weighted by Crippen LogP contribution is -2.24. The fourth-order valence-corrected chi connectivity index (χ4v) is 2.26. The predicted octanol–water partition coefficient (Wildman–Crippen LogP) is 2.58. The SMILES string of the molecule is Fc1cc(COCN2CCC(S)C2)cc(F)c1F. The Morgan fingerprint density at radius 2 is 1.94 bits per heavy atom. The summed E-state index contributed by atoms with van der Waals surface area (Å²) in [6.45, 7) is 2.19. The Hall–Kier alpha value is -0.720. The third kappa shape index (κ3) is 3.40. The summed E-state index contributed by atoms with van der Waals surface area (Å²) in [6.07, 6.45) is 1.01. The molecule has 1 aliphatic rings. The van der Waals surface area contributed by atoms with E-state index in [0.29, 0.717) is 12.0 Å². The van der Waals surface area contributed by atoms with Crippen molar-refractivity contribution in [2.75, 3.05) is 19.8 Å². The molecule has 0 saturated carbocycles. The molecule has 1 unspecified atom stereocenters. The molecule has 0 bridgehead atoms. The van der Waals surface area contributed by atoms with Crippen molar-refractivity contribution in [1.82, 2.24) is 4.90 Å². The van der Waals surface area contributed by atoms with E-state index in [1.165, 1.54) is 0 Å². The van der Waals surface area contributed by atoms with Gasteiger partial charge < -0.3 is 4.74 Å². The molecule has 0 aromatic heterocycles. The van der Waals surface area contributed by atoms with Gasteiger partial charge in [-0.15, -0.1) is 0 Å². The third-order valence-corrected chi connectivity index (χ3v) is 3.26. The van der Waals surface area contributed by atoms with Gasteiger partial charge in [0.15, 0.2) is 17.5 Å². The monoisotopic (exact) mass is 277 g/mol. The number of hydrogen-bond donors (Lipinski definition) is 1. The van der Waals surface area contributed by atoms with Crippen LogP contribution < -0.4 is 0 Å². The number of benzene rings is 1. The second kappa shape index (κ2) is 5.95. The lowest BCUT2D eigenvalue weighted by atomic mass is 10.2. The smallest absolute Gasteiger partial charge is 0.194 e. The maximum Gasteiger partial charge on any atom is 0.194 e. The zero-order valence-electron chi connectivity index (χ0n) is 9.70. The second-order valence-electron chi connectivity index (χ2n) is 4.37. The number of nitrogens with zero attached hydrogens (tertiary/aromatic N) is 1. The Morgan fingerprint density at radius 1 is 1.28 bits per heavy atom. The molecule has 2 nitrogen and oxygen atoms in total. The van der Waals surface area contributed by atoms with Crippen molar-refractivity contribution >= 4 is 12.6 Å². The van der Waals surface area contributed by atoms with E-state index in [1.807, 2.05) is 0 Å². The van der Waals surface area contributed by atoms with Crippen molar-refractivity contribution in [3.63, 3.8) is 0 Å². The van der Waals surface area contributed by atoms with Crippen molar-refractivity contribution in [2.24, 2.45) is 0 Å². The highest BCUT2D eigenvalue weighted by atomic mass is 32.1. The highest BCUT2D eigenvalue weighted by Gasteiger charge is 2.19. The highest BCUT2D eigenvalue weighted by Crippen LogP contribution is 2.16. The summed E-state index contributed by atoms with van der Waals surface area (Å²) in [5, 5.41) is 0.356. The normalized spacial score (nSPS) is 20.6. The largest absolute Gasteiger partial charge is 0.361 e. The van der Waals surface area contributed by atoms with Gasteiger partial charge in [0.25, 0.3) is 0 Å². The van der Waals surface area contributed by atoms with Crippen LogP contribution in [0.25, 0.3) is 0 Å². The molecule has 0 amide bonds. The van der Waals surface area contributed by atoms with Gasteiger partial charge in [-0.1, -0.05) is 0 Å². The highest BCUT2D eigenvalue weighted by molar-refractivity contribution is 7.81. The lowest BCUT2D eigenvalue weighted by molar-refractivity contribution is 0.0311. The summed E-state index contributed by atoms with van der Waals surface area (Å²) in [5.41, 5.74) is 0.285. The first-order valence-corrected chi connectivity index (χ1v) is 6.19. The van der Waals surface area contributed by atoms with Gasteiger partial charge in [-0.2, -0.15) is 12.6 Å². The quantitative estimate of drug-likeness (QED) is 0.671. The molecule has 0 spiro atoms. The van der Waals surface area contributed by atoms with Crippen LogP contribution in [0.15, 0.2) is 12.1 Å². The molecule has 1 saturated heterocycles. The van der Waals surface area contributed by atoms with Crippen LogP contribution in [0.3, 0.4) is 0 Å². The number of rotatable bonds is 4. The summed E-state index contributed by atoms with van der Waals surface area (Å²) in [7, 11) is 0. The van der Waals surface area contributed by atoms with E-state index in [0.717, 1.165) is 31.6 Å². The minimum atomic E-state index is -1.45. The van der Waals surface area contributed by atoms with Gasteiger partial charge in [-0.25, -0.2) is 13.2 Å². The fourth-order valence-electron chi connectivity index (χ4n) is 1.91. The van der Waals surface area contributed by atoms with Crippen molar-refractivity contribution in [2.45, 2.75) is 18.3 Å². The Morgan fingerprint density at radius 3 is 2.50 bits per heavy atom. The van der Waals surface area contributed by atoms with Crippen LogP contribution in [0.4, 0.5) is 13.2 Å². The Bertz CT molecular complexity index is 407. The van der Waals surface area contributed by atoms with Gasteiger partial charge in [0.2, 0.25) is 0 Å². The van der Waals surface area contributed by atoms with Gasteiger partial charge in [0, 0.05) is 18.3 Å². The Balaban J connectivity index is 1.83. The van der Waals surface area contributed by atoms with Gasteiger partial charge in [0.05, 0.1) is 13.3 Å². The van der Waals surface area contributed by atoms with E-state index in [4.69, 9.17) is 4.74 Å². The first kappa shape index (κ1) is 13.7. The maximum absolute atomic E-state index is 12.9. The lowest BCUT2D eigenvalue weighted by Gasteiger charge is -2.15. The summed E-state index contributed by atoms with van der Waals surface area (Å²) in [6, 6.07) is 1.90. The first-order valence-electron chi connectivity index (χ1n) is 5.68. The van der Waals surface area contributed by atoms with Gasteiger partial charge in [0.1, 0.15) is 0 Å². The van der Waals surface area contributed by atoms with E-state index in [2.05, 4.69) is 17.5 Å². The first-order chi connectivity index (χ1) is 8.56. The fraction of sp³-hybridized carbons (Fsp3) is 0.500. The molecule has 1 atom stereocenters. The van der Waals surface area contributed by atoms with E-state index in [-0.39, 0.29) is 12.2 Å². The predicted molar refractivity (Wildman–Crippen MR) is 64.9 cm³/mol. The zero-order valence-corrected chi connectivity index (χ0v) is 10.6. The molecule has 1 fully saturated rings. The van der Waals surface area contributed by atoms with Gasteiger partial charge in [-0.3, -0.25) is 4.90 Å². The summed E-state index contributed by atoms with van der Waals surface area (Å²) in [4.78, 5) is 2.06. The molecule has 1 heterocycles. The molecule has 1 aliphatic heterocycles. The summed E-state index contributed by atoms with van der Waals surface area (Å²) < 4.78 is 43.9. The standard InChI is InChI=1S/C12H14F3NOS/c13-10-3-8(4-11(14)12(10)15)6-17-7-16-2-1-9(18)5-16/h3-4,9,18H,1-2,5-7H2. The molecule has 0 radical (unpaired) electrons. The molecular weight excluding hydrogens is 263 g/mol. The topological polar surface area (TPSA) is 12.5 Å². The van der Waals surface area contributed by atoms with Crippen LogP contribution >= 0.6 is 12.6 Å². The van der Waals surface area contributed by atoms with E-state index >= 15 is 0 Å². The van der Waals surface area contributed by atoms with Crippen LogP contribution in [0.5, 0.6) is 0 Å². The van der Waals surface area contributed by atoms with Crippen molar-refractivity contribution < 1.29 is 17.9 Å². The molecule has 100 valence electrons. The van der Waals surface area contributed by atoms with Crippen molar-refractivity contribution in [3.8, 4) is 0 Å². The number of ether oxygens (including phenoxy) is 1. The van der Waals surface area contributed by atoms with Crippen LogP contribution in [-0.2, 0) is 11.3 Å². The second-order valence-corrected chi connectivity index (χ2v) is 5.10. The maximum atomic E-state index is 12.9. The van der Waals surface area contributed by atoms with Crippen LogP contribution in [0, 0.1) is 17.5 Å². The number of thiol groups is 1. The van der Waals surface area contributed by atoms with E-state index in [1.54, 1.807) is 0 Å². The molecule has 1 aromatic carbocycles. The van der Waals surface area contributed by atoms with E-state index in [9.17, 15) is 13.2 Å². The number of halogens is 3. The van der Waals surface area contributed by atoms with Crippen molar-refractivity contribution in [3.05, 3.63) is 35.1 Å². The van der Waals surface area contributed by atoms with E-state index < -0.39 is 17.5 Å². The average molecular weight is 277 g/mol. The molecule has 1 aromatic rings. The molecule has 6 heteroatoms. The van der Waals surface area contributed by atoms with Crippen LogP contribution in [0.2, 0.25) is 0 Å². The molecular formula is C12H14F3NOS. The zero-order chi connectivity index (χ0) is 13.1. The molecule has 0 aliphatic carbocycles. The number of likely N-dealkylation sites (tertiary alicyclic amines) is 1. The Kier molecular flexibility index (Phi) is 4.53. The molecule has 18 heavy (non-hydrogen) atoms. The molecule has 2 rings (SSSR count). The van der Waals surface area contributed by atoms with Crippen LogP contribution in [0.1, 0.15) is 12.0 Å². The summed E-state index contributed by atoms with van der Waals surface area (Å²) in [5.74, 6) is -3.83.